The Morgan fingerprint density at radius 2 is 1.31 bits per heavy atom. The van der Waals surface area contributed by atoms with Crippen LogP contribution in [0.5, 0.6) is 0 Å². The average Bonchev–Trinajstić information content (AvgIpc) is 2.75. The summed E-state index contributed by atoms with van der Waals surface area (Å²) in [6.07, 6.45) is 21.1. The van der Waals surface area contributed by atoms with Crippen molar-refractivity contribution in [3.63, 3.8) is 0 Å². The second-order valence-electron chi connectivity index (χ2n) is 8.19. The van der Waals surface area contributed by atoms with Gasteiger partial charge in [-0.1, -0.05) is 78.1 Å². The zero-order valence-corrected chi connectivity index (χ0v) is 19.5. The van der Waals surface area contributed by atoms with Crippen LogP contribution in [0.1, 0.15) is 97.3 Å². The molecule has 168 valence electrons. The van der Waals surface area contributed by atoms with Gasteiger partial charge in [-0.25, -0.2) is 9.97 Å². The molecule has 1 rings (SSSR count). The first-order chi connectivity index (χ1) is 14.3. The number of nitrogens with zero attached hydrogens (tertiary/aromatic N) is 3. The van der Waals surface area contributed by atoms with E-state index in [-0.39, 0.29) is 0 Å². The molecule has 0 radical (unpaired) electrons. The predicted molar refractivity (Wildman–Crippen MR) is 128 cm³/mol. The van der Waals surface area contributed by atoms with Crippen molar-refractivity contribution >= 4 is 11.5 Å². The monoisotopic (exact) mass is 405 g/mol. The highest BCUT2D eigenvalue weighted by Gasteiger charge is 2.06. The van der Waals surface area contributed by atoms with Gasteiger partial charge in [-0.2, -0.15) is 0 Å². The molecule has 5 heteroatoms. The maximum absolute atomic E-state index is 4.26. The van der Waals surface area contributed by atoms with Gasteiger partial charge in [0.05, 0.1) is 11.9 Å². The van der Waals surface area contributed by atoms with Crippen LogP contribution in [0.3, 0.4) is 0 Å². The zero-order valence-electron chi connectivity index (χ0n) is 19.5. The molecule has 0 fully saturated rings. The molecule has 0 aromatic carbocycles. The van der Waals surface area contributed by atoms with E-state index in [0.29, 0.717) is 0 Å². The summed E-state index contributed by atoms with van der Waals surface area (Å²) in [6.45, 7) is 9.24. The summed E-state index contributed by atoms with van der Waals surface area (Å²) in [5.41, 5.74) is 0.994. The largest absolute Gasteiger partial charge is 0.381 e. The van der Waals surface area contributed by atoms with Gasteiger partial charge in [0.1, 0.15) is 6.33 Å². The zero-order chi connectivity index (χ0) is 21.0. The van der Waals surface area contributed by atoms with Crippen molar-refractivity contribution in [1.82, 2.24) is 14.9 Å². The number of hydrogen-bond acceptors (Lipinski definition) is 5. The van der Waals surface area contributed by atoms with E-state index in [4.69, 9.17) is 0 Å². The minimum Gasteiger partial charge on any atom is -0.381 e. The van der Waals surface area contributed by atoms with Crippen LogP contribution in [0, 0.1) is 0 Å². The van der Waals surface area contributed by atoms with E-state index >= 15 is 0 Å². The van der Waals surface area contributed by atoms with Crippen LogP contribution in [0.2, 0.25) is 0 Å². The lowest BCUT2D eigenvalue weighted by atomic mass is 10.1. The van der Waals surface area contributed by atoms with Crippen molar-refractivity contribution in [1.29, 1.82) is 0 Å². The minimum absolute atomic E-state index is 0.871. The van der Waals surface area contributed by atoms with Crippen LogP contribution in [-0.2, 0) is 0 Å². The summed E-state index contributed by atoms with van der Waals surface area (Å²) in [5, 5.41) is 6.61. The van der Waals surface area contributed by atoms with Crippen LogP contribution >= 0.6 is 0 Å². The van der Waals surface area contributed by atoms with Crippen LogP contribution in [0.25, 0.3) is 0 Å². The van der Waals surface area contributed by atoms with Crippen LogP contribution in [0.15, 0.2) is 12.5 Å². The van der Waals surface area contributed by atoms with Gasteiger partial charge in [0, 0.05) is 13.6 Å². The molecule has 0 atom stereocenters. The Hall–Kier alpha value is -1.36. The maximum Gasteiger partial charge on any atom is 0.152 e. The van der Waals surface area contributed by atoms with Gasteiger partial charge in [-0.15, -0.1) is 0 Å². The van der Waals surface area contributed by atoms with Crippen molar-refractivity contribution in [3.8, 4) is 0 Å². The Bertz CT molecular complexity index is 464. The molecular formula is C24H47N5. The third kappa shape index (κ3) is 13.5. The molecule has 0 bridgehead atoms. The molecule has 0 amide bonds. The topological polar surface area (TPSA) is 53.1 Å². The lowest BCUT2D eigenvalue weighted by molar-refractivity contribution is 0.259. The summed E-state index contributed by atoms with van der Waals surface area (Å²) >= 11 is 0. The van der Waals surface area contributed by atoms with E-state index in [1.54, 1.807) is 6.33 Å². The van der Waals surface area contributed by atoms with E-state index in [0.717, 1.165) is 24.5 Å². The van der Waals surface area contributed by atoms with E-state index in [1.165, 1.54) is 96.7 Å². The Labute approximate surface area is 180 Å². The molecule has 1 heterocycles. The van der Waals surface area contributed by atoms with Gasteiger partial charge < -0.3 is 15.5 Å². The first-order valence-corrected chi connectivity index (χ1v) is 12.3. The Morgan fingerprint density at radius 3 is 1.90 bits per heavy atom. The molecular weight excluding hydrogens is 358 g/mol. The molecule has 0 unspecified atom stereocenters. The normalized spacial score (nSPS) is 11.2. The Morgan fingerprint density at radius 1 is 0.759 bits per heavy atom. The maximum atomic E-state index is 4.26. The van der Waals surface area contributed by atoms with Crippen molar-refractivity contribution in [2.75, 3.05) is 43.9 Å². The van der Waals surface area contributed by atoms with Crippen LogP contribution in [0.4, 0.5) is 11.5 Å². The second-order valence-corrected chi connectivity index (χ2v) is 8.19. The molecule has 5 nitrogen and oxygen atoms in total. The van der Waals surface area contributed by atoms with Gasteiger partial charge in [0.2, 0.25) is 0 Å². The fourth-order valence-electron chi connectivity index (χ4n) is 3.75. The predicted octanol–water partition coefficient (Wildman–Crippen LogP) is 6.34. The number of hydrogen-bond donors (Lipinski definition) is 2. The number of rotatable bonds is 20. The van der Waals surface area contributed by atoms with Gasteiger partial charge in [-0.05, 0) is 38.9 Å². The lowest BCUT2D eigenvalue weighted by Gasteiger charge is -2.22. The highest BCUT2D eigenvalue weighted by atomic mass is 15.1. The van der Waals surface area contributed by atoms with Crippen LogP contribution < -0.4 is 10.6 Å². The average molecular weight is 406 g/mol. The van der Waals surface area contributed by atoms with Gasteiger partial charge in [0.15, 0.2) is 5.82 Å². The third-order valence-electron chi connectivity index (χ3n) is 5.57. The SMILES string of the molecule is CCCCCCCCN(CCCCCCCC)CCCNc1cncnc1NC. The van der Waals surface area contributed by atoms with Crippen molar-refractivity contribution in [3.05, 3.63) is 12.5 Å². The van der Waals surface area contributed by atoms with Gasteiger partial charge >= 0.3 is 0 Å². The van der Waals surface area contributed by atoms with E-state index < -0.39 is 0 Å². The van der Waals surface area contributed by atoms with Crippen LogP contribution in [-0.4, -0.2) is 48.1 Å². The Balaban J connectivity index is 2.27. The highest BCUT2D eigenvalue weighted by molar-refractivity contribution is 5.62. The minimum atomic E-state index is 0.871. The highest BCUT2D eigenvalue weighted by Crippen LogP contribution is 2.15. The number of nitrogens with one attached hydrogen (secondary N) is 2. The smallest absolute Gasteiger partial charge is 0.152 e. The van der Waals surface area contributed by atoms with Gasteiger partial charge in [-0.3, -0.25) is 0 Å². The van der Waals surface area contributed by atoms with Gasteiger partial charge in [0.25, 0.3) is 0 Å². The molecule has 0 spiro atoms. The fourth-order valence-corrected chi connectivity index (χ4v) is 3.75. The molecule has 0 aliphatic carbocycles. The molecule has 29 heavy (non-hydrogen) atoms. The van der Waals surface area contributed by atoms with Crippen molar-refractivity contribution in [2.45, 2.75) is 97.3 Å². The molecule has 1 aromatic rings. The molecule has 2 N–H and O–H groups in total. The Kier molecular flexibility index (Phi) is 16.5. The number of anilines is 2. The van der Waals surface area contributed by atoms with E-state index in [1.807, 2.05) is 13.2 Å². The van der Waals surface area contributed by atoms with Crippen molar-refractivity contribution in [2.24, 2.45) is 0 Å². The van der Waals surface area contributed by atoms with Crippen molar-refractivity contribution < 1.29 is 0 Å². The number of aromatic nitrogens is 2. The molecule has 0 saturated heterocycles. The fraction of sp³-hybridized carbons (Fsp3) is 0.833. The van der Waals surface area contributed by atoms with E-state index in [2.05, 4.69) is 39.3 Å². The number of unbranched alkanes of at least 4 members (excludes halogenated alkanes) is 10. The summed E-state index contributed by atoms with van der Waals surface area (Å²) < 4.78 is 0. The molecule has 1 aromatic heterocycles. The third-order valence-corrected chi connectivity index (χ3v) is 5.57. The summed E-state index contributed by atoms with van der Waals surface area (Å²) in [5.74, 6) is 0.871. The van der Waals surface area contributed by atoms with E-state index in [9.17, 15) is 0 Å². The molecule has 0 aliphatic heterocycles. The first-order valence-electron chi connectivity index (χ1n) is 12.3. The first kappa shape index (κ1) is 25.7. The lowest BCUT2D eigenvalue weighted by Crippen LogP contribution is -2.28. The molecule has 0 saturated carbocycles. The standard InChI is InChI=1S/C24H47N5/c1-4-6-8-10-12-14-18-29(19-15-13-11-9-7-5-2)20-16-17-27-23-21-26-22-28-24(23)25-3/h21-22,27H,4-20H2,1-3H3,(H,25,26,28). The summed E-state index contributed by atoms with van der Waals surface area (Å²) in [6, 6.07) is 0. The summed E-state index contributed by atoms with van der Waals surface area (Å²) in [4.78, 5) is 11.1. The second kappa shape index (κ2) is 18.7. The quantitative estimate of drug-likeness (QED) is 0.248. The molecule has 0 aliphatic rings. The summed E-state index contributed by atoms with van der Waals surface area (Å²) in [7, 11) is 1.90.